The Bertz CT molecular complexity index is 499. The van der Waals surface area contributed by atoms with Crippen LogP contribution in [0.2, 0.25) is 5.02 Å². The van der Waals surface area contributed by atoms with Crippen molar-refractivity contribution in [1.82, 2.24) is 5.32 Å². The van der Waals surface area contributed by atoms with Gasteiger partial charge in [-0.25, -0.2) is 0 Å². The zero-order chi connectivity index (χ0) is 13.0. The van der Waals surface area contributed by atoms with Crippen LogP contribution in [0.3, 0.4) is 0 Å². The van der Waals surface area contributed by atoms with E-state index in [-0.39, 0.29) is 6.04 Å². The number of hydrogen-bond donors (Lipinski definition) is 1. The topological polar surface area (TPSA) is 21.3 Å². The molecule has 2 aromatic rings. The number of likely N-dealkylation sites (N-methyl/N-ethyl adjacent to an activating group) is 1. The molecule has 0 aliphatic carbocycles. The highest BCUT2D eigenvalue weighted by molar-refractivity contribution is 7.10. The molecule has 0 spiro atoms. The predicted octanol–water partition coefficient (Wildman–Crippen LogP) is 3.91. The predicted molar refractivity (Wildman–Crippen MR) is 77.8 cm³/mol. The third-order valence-corrected chi connectivity index (χ3v) is 4.12. The van der Waals surface area contributed by atoms with Gasteiger partial charge in [-0.2, -0.15) is 0 Å². The molecule has 0 fully saturated rings. The Kier molecular flexibility index (Phi) is 4.64. The number of halogens is 1. The van der Waals surface area contributed by atoms with E-state index in [1.54, 1.807) is 18.4 Å². The summed E-state index contributed by atoms with van der Waals surface area (Å²) in [4.78, 5) is 1.32. The Morgan fingerprint density at radius 2 is 2.22 bits per heavy atom. The van der Waals surface area contributed by atoms with Gasteiger partial charge in [-0.1, -0.05) is 17.7 Å². The minimum Gasteiger partial charge on any atom is -0.496 e. The van der Waals surface area contributed by atoms with Crippen molar-refractivity contribution in [3.05, 3.63) is 51.2 Å². The van der Waals surface area contributed by atoms with Crippen molar-refractivity contribution < 1.29 is 4.74 Å². The largest absolute Gasteiger partial charge is 0.496 e. The molecule has 0 saturated carbocycles. The van der Waals surface area contributed by atoms with Crippen LogP contribution in [0.4, 0.5) is 0 Å². The second kappa shape index (κ2) is 6.23. The molecule has 2 rings (SSSR count). The Labute approximate surface area is 117 Å². The van der Waals surface area contributed by atoms with E-state index in [0.717, 1.165) is 22.8 Å². The number of thiophene rings is 1. The third kappa shape index (κ3) is 3.05. The normalized spacial score (nSPS) is 12.4. The molecule has 0 aliphatic rings. The molecule has 0 saturated heterocycles. The molecule has 1 unspecified atom stereocenters. The van der Waals surface area contributed by atoms with Gasteiger partial charge < -0.3 is 10.1 Å². The van der Waals surface area contributed by atoms with E-state index in [9.17, 15) is 0 Å². The second-order valence-electron chi connectivity index (χ2n) is 4.02. The van der Waals surface area contributed by atoms with Crippen LogP contribution in [0.5, 0.6) is 5.75 Å². The molecular weight excluding hydrogens is 266 g/mol. The van der Waals surface area contributed by atoms with Crippen molar-refractivity contribution in [3.8, 4) is 5.75 Å². The van der Waals surface area contributed by atoms with E-state index < -0.39 is 0 Å². The number of benzene rings is 1. The van der Waals surface area contributed by atoms with E-state index in [4.69, 9.17) is 16.3 Å². The van der Waals surface area contributed by atoms with Gasteiger partial charge in [0, 0.05) is 15.9 Å². The van der Waals surface area contributed by atoms with Crippen molar-refractivity contribution >= 4 is 22.9 Å². The van der Waals surface area contributed by atoms with Crippen LogP contribution in [0.15, 0.2) is 35.7 Å². The molecule has 96 valence electrons. The monoisotopic (exact) mass is 281 g/mol. The quantitative estimate of drug-likeness (QED) is 0.897. The Morgan fingerprint density at radius 1 is 1.39 bits per heavy atom. The lowest BCUT2D eigenvalue weighted by Gasteiger charge is -2.16. The molecule has 0 amide bonds. The maximum absolute atomic E-state index is 6.05. The molecule has 1 aromatic heterocycles. The molecule has 0 radical (unpaired) electrons. The van der Waals surface area contributed by atoms with Gasteiger partial charge in [0.15, 0.2) is 0 Å². The number of ether oxygens (including phenoxy) is 1. The Balaban J connectivity index is 2.24. The zero-order valence-corrected chi connectivity index (χ0v) is 12.0. The van der Waals surface area contributed by atoms with Gasteiger partial charge >= 0.3 is 0 Å². The lowest BCUT2D eigenvalue weighted by Crippen LogP contribution is -2.18. The Hall–Kier alpha value is -1.03. The SMILES string of the molecule is CNC(Cc1cc(Cl)ccc1OC)c1cccs1. The van der Waals surface area contributed by atoms with Gasteiger partial charge in [-0.05, 0) is 48.7 Å². The fourth-order valence-electron chi connectivity index (χ4n) is 1.96. The lowest BCUT2D eigenvalue weighted by molar-refractivity contribution is 0.406. The van der Waals surface area contributed by atoms with E-state index in [1.165, 1.54) is 4.88 Å². The smallest absolute Gasteiger partial charge is 0.122 e. The van der Waals surface area contributed by atoms with E-state index in [1.807, 2.05) is 25.2 Å². The molecule has 2 nitrogen and oxygen atoms in total. The van der Waals surface area contributed by atoms with Crippen LogP contribution in [0, 0.1) is 0 Å². The van der Waals surface area contributed by atoms with Gasteiger partial charge in [-0.15, -0.1) is 11.3 Å². The first kappa shape index (κ1) is 13.4. The lowest BCUT2D eigenvalue weighted by atomic mass is 10.0. The van der Waals surface area contributed by atoms with Crippen molar-refractivity contribution in [2.45, 2.75) is 12.5 Å². The average Bonchev–Trinajstić information content (AvgIpc) is 2.90. The van der Waals surface area contributed by atoms with Crippen LogP contribution in [-0.4, -0.2) is 14.2 Å². The summed E-state index contributed by atoms with van der Waals surface area (Å²) in [5, 5.41) is 6.17. The van der Waals surface area contributed by atoms with Crippen LogP contribution in [0.25, 0.3) is 0 Å². The van der Waals surface area contributed by atoms with Crippen LogP contribution >= 0.6 is 22.9 Å². The average molecular weight is 282 g/mol. The highest BCUT2D eigenvalue weighted by atomic mass is 35.5. The number of methoxy groups -OCH3 is 1. The number of nitrogens with one attached hydrogen (secondary N) is 1. The van der Waals surface area contributed by atoms with Crippen LogP contribution < -0.4 is 10.1 Å². The third-order valence-electron chi connectivity index (χ3n) is 2.90. The van der Waals surface area contributed by atoms with Crippen molar-refractivity contribution in [2.24, 2.45) is 0 Å². The van der Waals surface area contributed by atoms with Crippen molar-refractivity contribution in [2.75, 3.05) is 14.2 Å². The minimum atomic E-state index is 0.289. The standard InChI is InChI=1S/C14H16ClNOS/c1-16-12(14-4-3-7-18-14)9-10-8-11(15)5-6-13(10)17-2/h3-8,12,16H,9H2,1-2H3. The first-order chi connectivity index (χ1) is 8.74. The molecule has 0 aliphatic heterocycles. The van der Waals surface area contributed by atoms with Gasteiger partial charge in [0.2, 0.25) is 0 Å². The number of rotatable bonds is 5. The summed E-state index contributed by atoms with van der Waals surface area (Å²) < 4.78 is 5.38. The summed E-state index contributed by atoms with van der Waals surface area (Å²) in [6.07, 6.45) is 0.862. The van der Waals surface area contributed by atoms with Crippen molar-refractivity contribution in [3.63, 3.8) is 0 Å². The zero-order valence-electron chi connectivity index (χ0n) is 10.4. The summed E-state index contributed by atoms with van der Waals surface area (Å²) >= 11 is 7.81. The van der Waals surface area contributed by atoms with Gasteiger partial charge in [0.05, 0.1) is 7.11 Å². The maximum atomic E-state index is 6.05. The fourth-order valence-corrected chi connectivity index (χ4v) is 2.99. The van der Waals surface area contributed by atoms with E-state index >= 15 is 0 Å². The molecule has 18 heavy (non-hydrogen) atoms. The second-order valence-corrected chi connectivity index (χ2v) is 5.43. The summed E-state index contributed by atoms with van der Waals surface area (Å²) in [6.45, 7) is 0. The van der Waals surface area contributed by atoms with Crippen LogP contribution in [-0.2, 0) is 6.42 Å². The molecule has 4 heteroatoms. The summed E-state index contributed by atoms with van der Waals surface area (Å²) in [7, 11) is 3.66. The molecule has 1 heterocycles. The molecule has 1 aromatic carbocycles. The Morgan fingerprint density at radius 3 is 2.83 bits per heavy atom. The molecule has 1 atom stereocenters. The fraction of sp³-hybridized carbons (Fsp3) is 0.286. The molecular formula is C14H16ClNOS. The maximum Gasteiger partial charge on any atom is 0.122 e. The van der Waals surface area contributed by atoms with Crippen molar-refractivity contribution in [1.29, 1.82) is 0 Å². The first-order valence-corrected chi connectivity index (χ1v) is 7.03. The highest BCUT2D eigenvalue weighted by Crippen LogP contribution is 2.29. The first-order valence-electron chi connectivity index (χ1n) is 5.77. The summed E-state index contributed by atoms with van der Waals surface area (Å²) in [6, 6.07) is 10.2. The van der Waals surface area contributed by atoms with Gasteiger partial charge in [0.25, 0.3) is 0 Å². The molecule has 0 bridgehead atoms. The molecule has 1 N–H and O–H groups in total. The van der Waals surface area contributed by atoms with E-state index in [2.05, 4.69) is 22.8 Å². The summed E-state index contributed by atoms with van der Waals surface area (Å²) in [5.41, 5.74) is 1.12. The van der Waals surface area contributed by atoms with Gasteiger partial charge in [-0.3, -0.25) is 0 Å². The highest BCUT2D eigenvalue weighted by Gasteiger charge is 2.14. The van der Waals surface area contributed by atoms with E-state index in [0.29, 0.717) is 0 Å². The number of hydrogen-bond acceptors (Lipinski definition) is 3. The van der Waals surface area contributed by atoms with Crippen LogP contribution in [0.1, 0.15) is 16.5 Å². The minimum absolute atomic E-state index is 0.289. The van der Waals surface area contributed by atoms with Gasteiger partial charge in [0.1, 0.15) is 5.75 Å². The summed E-state index contributed by atoms with van der Waals surface area (Å²) in [5.74, 6) is 0.885.